The molecule has 2 aromatic rings. The summed E-state index contributed by atoms with van der Waals surface area (Å²) in [5, 5.41) is 23.0. The van der Waals surface area contributed by atoms with E-state index >= 15 is 0 Å². The largest absolute Gasteiger partial charge is 0.872 e. The van der Waals surface area contributed by atoms with Gasteiger partial charge in [0.15, 0.2) is 0 Å². The fraction of sp³-hybridized carbons (Fsp3) is 0. The number of rotatable bonds is 4. The van der Waals surface area contributed by atoms with Crippen molar-refractivity contribution in [1.82, 2.24) is 5.32 Å². The Morgan fingerprint density at radius 2 is 1.62 bits per heavy atom. The molecule has 0 saturated carbocycles. The number of para-hydroxylation sites is 1. The average molecular weight is 282 g/mol. The number of carbonyl (C=O) groups excluding carboxylic acids is 1. The first-order valence-electron chi connectivity index (χ1n) is 6.15. The van der Waals surface area contributed by atoms with Gasteiger partial charge >= 0.3 is 5.97 Å². The van der Waals surface area contributed by atoms with Crippen molar-refractivity contribution in [1.29, 1.82) is 0 Å². The van der Waals surface area contributed by atoms with E-state index in [1.165, 1.54) is 12.1 Å². The van der Waals surface area contributed by atoms with Crippen LogP contribution in [0.4, 0.5) is 0 Å². The SMILES string of the molecule is O=C(O)/C(=C\c1ccccc1[O-])NC(=O)c1ccccc1. The van der Waals surface area contributed by atoms with Gasteiger partial charge < -0.3 is 15.5 Å². The summed E-state index contributed by atoms with van der Waals surface area (Å²) in [6.07, 6.45) is 1.14. The van der Waals surface area contributed by atoms with Gasteiger partial charge in [0, 0.05) is 5.56 Å². The summed E-state index contributed by atoms with van der Waals surface area (Å²) in [6.45, 7) is 0. The maximum Gasteiger partial charge on any atom is 0.352 e. The van der Waals surface area contributed by atoms with Gasteiger partial charge in [-0.2, -0.15) is 0 Å². The Bertz CT molecular complexity index is 692. The zero-order valence-electron chi connectivity index (χ0n) is 10.9. The minimum atomic E-state index is -1.32. The molecule has 0 aliphatic rings. The zero-order chi connectivity index (χ0) is 15.2. The molecule has 2 N–H and O–H groups in total. The summed E-state index contributed by atoms with van der Waals surface area (Å²) in [5.41, 5.74) is 0.176. The van der Waals surface area contributed by atoms with E-state index in [1.807, 2.05) is 0 Å². The van der Waals surface area contributed by atoms with Gasteiger partial charge in [0.25, 0.3) is 5.91 Å². The van der Waals surface area contributed by atoms with Crippen LogP contribution in [0.25, 0.3) is 6.08 Å². The van der Waals surface area contributed by atoms with Gasteiger partial charge in [0.2, 0.25) is 0 Å². The van der Waals surface area contributed by atoms with Gasteiger partial charge in [-0.15, -0.1) is 5.75 Å². The highest BCUT2D eigenvalue weighted by Crippen LogP contribution is 2.15. The van der Waals surface area contributed by atoms with Gasteiger partial charge in [0.1, 0.15) is 5.70 Å². The highest BCUT2D eigenvalue weighted by molar-refractivity contribution is 6.02. The predicted molar refractivity (Wildman–Crippen MR) is 75.4 cm³/mol. The minimum absolute atomic E-state index is 0.197. The van der Waals surface area contributed by atoms with Crippen LogP contribution in [0, 0.1) is 0 Å². The van der Waals surface area contributed by atoms with E-state index in [1.54, 1.807) is 42.5 Å². The summed E-state index contributed by atoms with van der Waals surface area (Å²) >= 11 is 0. The molecule has 0 fully saturated rings. The summed E-state index contributed by atoms with van der Waals surface area (Å²) in [5.74, 6) is -2.18. The van der Waals surface area contributed by atoms with E-state index in [0.717, 1.165) is 6.08 Å². The Morgan fingerprint density at radius 1 is 1.00 bits per heavy atom. The van der Waals surface area contributed by atoms with Crippen molar-refractivity contribution in [2.45, 2.75) is 0 Å². The second-order valence-corrected chi connectivity index (χ2v) is 4.22. The second-order valence-electron chi connectivity index (χ2n) is 4.22. The van der Waals surface area contributed by atoms with Gasteiger partial charge in [-0.1, -0.05) is 42.5 Å². The van der Waals surface area contributed by atoms with Gasteiger partial charge in [-0.25, -0.2) is 4.79 Å². The van der Waals surface area contributed by atoms with Crippen LogP contribution in [-0.2, 0) is 4.79 Å². The molecular weight excluding hydrogens is 270 g/mol. The molecule has 0 atom stereocenters. The lowest BCUT2D eigenvalue weighted by molar-refractivity contribution is -0.268. The van der Waals surface area contributed by atoms with E-state index in [9.17, 15) is 14.7 Å². The molecule has 0 aliphatic heterocycles. The molecule has 0 heterocycles. The smallest absolute Gasteiger partial charge is 0.352 e. The number of benzene rings is 2. The molecule has 0 unspecified atom stereocenters. The van der Waals surface area contributed by atoms with Crippen molar-refractivity contribution in [3.8, 4) is 5.75 Å². The van der Waals surface area contributed by atoms with Crippen molar-refractivity contribution in [3.05, 3.63) is 71.4 Å². The summed E-state index contributed by atoms with van der Waals surface area (Å²) in [4.78, 5) is 23.1. The molecule has 0 aliphatic carbocycles. The minimum Gasteiger partial charge on any atom is -0.872 e. The topological polar surface area (TPSA) is 89.5 Å². The van der Waals surface area contributed by atoms with Gasteiger partial charge in [0.05, 0.1) is 0 Å². The van der Waals surface area contributed by atoms with Crippen molar-refractivity contribution < 1.29 is 19.8 Å². The first-order valence-corrected chi connectivity index (χ1v) is 6.15. The molecule has 5 heteroatoms. The molecule has 2 aromatic carbocycles. The average Bonchev–Trinajstić information content (AvgIpc) is 2.49. The van der Waals surface area contributed by atoms with Crippen LogP contribution in [0.1, 0.15) is 15.9 Å². The number of carboxylic acid groups (broad SMARTS) is 1. The molecule has 106 valence electrons. The number of hydrogen-bond acceptors (Lipinski definition) is 3. The second kappa shape index (κ2) is 6.38. The molecule has 0 saturated heterocycles. The summed E-state index contributed by atoms with van der Waals surface area (Å²) in [6, 6.07) is 14.2. The fourth-order valence-corrected chi connectivity index (χ4v) is 1.69. The Kier molecular flexibility index (Phi) is 4.36. The Labute approximate surface area is 121 Å². The molecule has 0 bridgehead atoms. The lowest BCUT2D eigenvalue weighted by Gasteiger charge is -2.11. The monoisotopic (exact) mass is 282 g/mol. The number of nitrogens with one attached hydrogen (secondary N) is 1. The molecule has 2 rings (SSSR count). The maximum absolute atomic E-state index is 11.9. The standard InChI is InChI=1S/C16H13NO4/c18-14-9-5-4-8-12(14)10-13(16(20)21)17-15(19)11-6-2-1-3-7-11/h1-10,18H,(H,17,19)(H,20,21)/p-1/b13-10+. The molecule has 0 aromatic heterocycles. The van der Waals surface area contributed by atoms with Crippen LogP contribution in [-0.4, -0.2) is 17.0 Å². The molecule has 0 spiro atoms. The van der Waals surface area contributed by atoms with E-state index in [0.29, 0.717) is 5.56 Å². The van der Waals surface area contributed by atoms with Crippen LogP contribution in [0.2, 0.25) is 0 Å². The highest BCUT2D eigenvalue weighted by atomic mass is 16.4. The number of hydrogen-bond donors (Lipinski definition) is 2. The third kappa shape index (κ3) is 3.70. The van der Waals surface area contributed by atoms with Gasteiger partial charge in [-0.05, 0) is 23.8 Å². The van der Waals surface area contributed by atoms with Crippen molar-refractivity contribution in [2.75, 3.05) is 0 Å². The normalized spacial score (nSPS) is 11.0. The van der Waals surface area contributed by atoms with Crippen LogP contribution in [0.15, 0.2) is 60.3 Å². The number of carboxylic acids is 1. The Morgan fingerprint density at radius 3 is 2.24 bits per heavy atom. The summed E-state index contributed by atoms with van der Waals surface area (Å²) in [7, 11) is 0. The lowest BCUT2D eigenvalue weighted by Crippen LogP contribution is -2.27. The first-order chi connectivity index (χ1) is 10.1. The molecule has 0 radical (unpaired) electrons. The van der Waals surface area contributed by atoms with Crippen LogP contribution in [0.3, 0.4) is 0 Å². The Hall–Kier alpha value is -3.08. The zero-order valence-corrected chi connectivity index (χ0v) is 10.9. The molecule has 5 nitrogen and oxygen atoms in total. The maximum atomic E-state index is 11.9. The van der Waals surface area contributed by atoms with Crippen molar-refractivity contribution in [2.24, 2.45) is 0 Å². The van der Waals surface area contributed by atoms with E-state index < -0.39 is 11.9 Å². The first kappa shape index (κ1) is 14.3. The quantitative estimate of drug-likeness (QED) is 0.834. The third-order valence-electron chi connectivity index (χ3n) is 2.73. The van der Waals surface area contributed by atoms with Crippen molar-refractivity contribution in [3.63, 3.8) is 0 Å². The predicted octanol–water partition coefficient (Wildman–Crippen LogP) is 1.62. The molecule has 1 amide bonds. The summed E-state index contributed by atoms with van der Waals surface area (Å²) < 4.78 is 0. The fourth-order valence-electron chi connectivity index (χ4n) is 1.69. The van der Waals surface area contributed by atoms with Gasteiger partial charge in [-0.3, -0.25) is 4.79 Å². The van der Waals surface area contributed by atoms with E-state index in [-0.39, 0.29) is 17.0 Å². The number of aliphatic carboxylic acids is 1. The van der Waals surface area contributed by atoms with Crippen LogP contribution >= 0.6 is 0 Å². The Balaban J connectivity index is 2.27. The number of amides is 1. The van der Waals surface area contributed by atoms with Crippen LogP contribution < -0.4 is 10.4 Å². The lowest BCUT2D eigenvalue weighted by atomic mass is 10.1. The molecular formula is C16H12NO4-. The van der Waals surface area contributed by atoms with E-state index in [4.69, 9.17) is 5.11 Å². The van der Waals surface area contributed by atoms with Crippen LogP contribution in [0.5, 0.6) is 5.75 Å². The van der Waals surface area contributed by atoms with Crippen molar-refractivity contribution >= 4 is 18.0 Å². The third-order valence-corrected chi connectivity index (χ3v) is 2.73. The highest BCUT2D eigenvalue weighted by Gasteiger charge is 2.13. The van der Waals surface area contributed by atoms with E-state index in [2.05, 4.69) is 5.32 Å². The number of carbonyl (C=O) groups is 2. The molecule has 21 heavy (non-hydrogen) atoms.